The van der Waals surface area contributed by atoms with Crippen molar-refractivity contribution in [2.75, 3.05) is 39.8 Å². The minimum absolute atomic E-state index is 0. The minimum atomic E-state index is -3.53. The second kappa shape index (κ2) is 12.5. The molecule has 2 N–H and O–H groups in total. The normalized spacial score (nSPS) is 15.8. The van der Waals surface area contributed by atoms with E-state index in [9.17, 15) is 8.42 Å². The van der Waals surface area contributed by atoms with E-state index in [1.807, 2.05) is 32.2 Å². The van der Waals surface area contributed by atoms with Crippen molar-refractivity contribution in [3.8, 4) is 0 Å². The molecular weight excluding hydrogens is 537 g/mol. The van der Waals surface area contributed by atoms with Crippen LogP contribution in [0.5, 0.6) is 0 Å². The topological polar surface area (TPSA) is 77.0 Å². The Kier molecular flexibility index (Phi) is 10.4. The van der Waals surface area contributed by atoms with Crippen LogP contribution < -0.4 is 10.6 Å². The Balaban J connectivity index is 0.00000363. The zero-order valence-electron chi connectivity index (χ0n) is 19.0. The van der Waals surface area contributed by atoms with E-state index in [0.717, 1.165) is 30.8 Å². The van der Waals surface area contributed by atoms with Gasteiger partial charge in [-0.25, -0.2) is 13.4 Å². The number of halogens is 1. The summed E-state index contributed by atoms with van der Waals surface area (Å²) in [5, 5.41) is 6.53. The number of aryl methyl sites for hydroxylation is 1. The van der Waals surface area contributed by atoms with Crippen LogP contribution in [-0.4, -0.2) is 63.4 Å². The average molecular weight is 572 g/mol. The van der Waals surface area contributed by atoms with E-state index in [2.05, 4.69) is 45.6 Å². The lowest BCUT2D eigenvalue weighted by Crippen LogP contribution is -2.47. The number of aliphatic imine (C=N–C) groups is 1. The van der Waals surface area contributed by atoms with Gasteiger partial charge >= 0.3 is 0 Å². The smallest absolute Gasteiger partial charge is 0.243 e. The Bertz CT molecular complexity index is 1000. The number of piperazine rings is 1. The van der Waals surface area contributed by atoms with Crippen molar-refractivity contribution in [3.63, 3.8) is 0 Å². The van der Waals surface area contributed by atoms with Gasteiger partial charge in [0.2, 0.25) is 10.0 Å². The molecule has 1 saturated heterocycles. The summed E-state index contributed by atoms with van der Waals surface area (Å²) >= 11 is 0. The molecule has 32 heavy (non-hydrogen) atoms. The highest BCUT2D eigenvalue weighted by molar-refractivity contribution is 14.0. The Morgan fingerprint density at radius 2 is 1.75 bits per heavy atom. The van der Waals surface area contributed by atoms with Gasteiger partial charge in [-0.2, -0.15) is 4.31 Å². The molecule has 0 saturated carbocycles. The summed E-state index contributed by atoms with van der Waals surface area (Å²) in [6, 6.07) is 15.5. The fourth-order valence-corrected chi connectivity index (χ4v) is 5.21. The van der Waals surface area contributed by atoms with Gasteiger partial charge in [0, 0.05) is 39.3 Å². The summed E-state index contributed by atoms with van der Waals surface area (Å²) in [4.78, 5) is 7.17. The summed E-state index contributed by atoms with van der Waals surface area (Å²) in [7, 11) is -1.52. The Labute approximate surface area is 209 Å². The van der Waals surface area contributed by atoms with E-state index >= 15 is 0 Å². The van der Waals surface area contributed by atoms with Crippen LogP contribution in [0.4, 0.5) is 0 Å². The Hall–Kier alpha value is -1.69. The maximum absolute atomic E-state index is 13.3. The molecule has 0 aromatic heterocycles. The predicted octanol–water partition coefficient (Wildman–Crippen LogP) is 2.80. The second-order valence-corrected chi connectivity index (χ2v) is 9.76. The lowest BCUT2D eigenvalue weighted by Gasteiger charge is -2.32. The van der Waals surface area contributed by atoms with Crippen LogP contribution in [0.3, 0.4) is 0 Å². The third kappa shape index (κ3) is 7.16. The molecule has 3 rings (SSSR count). The van der Waals surface area contributed by atoms with Crippen LogP contribution in [0.15, 0.2) is 58.4 Å². The number of nitrogens with zero attached hydrogens (tertiary/aromatic N) is 3. The van der Waals surface area contributed by atoms with Gasteiger partial charge in [0.25, 0.3) is 0 Å². The van der Waals surface area contributed by atoms with Gasteiger partial charge in [-0.15, -0.1) is 24.0 Å². The summed E-state index contributed by atoms with van der Waals surface area (Å²) in [5.41, 5.74) is 3.08. The number of hydrogen-bond donors (Lipinski definition) is 2. The largest absolute Gasteiger partial charge is 0.357 e. The SMILES string of the molecule is CCNC(=NCc1cccc(C)c1)NCc1ccccc1S(=O)(=O)N1CCN(C)CC1.I. The minimum Gasteiger partial charge on any atom is -0.357 e. The van der Waals surface area contributed by atoms with Gasteiger partial charge < -0.3 is 15.5 Å². The highest BCUT2D eigenvalue weighted by Crippen LogP contribution is 2.21. The molecule has 9 heteroatoms. The van der Waals surface area contributed by atoms with Crippen LogP contribution in [0, 0.1) is 6.92 Å². The van der Waals surface area contributed by atoms with Crippen molar-refractivity contribution in [1.29, 1.82) is 0 Å². The third-order valence-electron chi connectivity index (χ3n) is 5.35. The number of sulfonamides is 1. The Morgan fingerprint density at radius 3 is 2.44 bits per heavy atom. The summed E-state index contributed by atoms with van der Waals surface area (Å²) in [6.45, 7) is 8.25. The van der Waals surface area contributed by atoms with Crippen LogP contribution in [0.25, 0.3) is 0 Å². The number of guanidine groups is 1. The quantitative estimate of drug-likeness (QED) is 0.304. The molecule has 0 atom stereocenters. The number of hydrogen-bond acceptors (Lipinski definition) is 4. The first-order valence-corrected chi connectivity index (χ1v) is 12.2. The van der Waals surface area contributed by atoms with Gasteiger partial charge in [0.1, 0.15) is 0 Å². The van der Waals surface area contributed by atoms with E-state index in [1.165, 1.54) is 5.56 Å². The van der Waals surface area contributed by atoms with Crippen molar-refractivity contribution >= 4 is 40.0 Å². The third-order valence-corrected chi connectivity index (χ3v) is 7.34. The maximum atomic E-state index is 13.3. The van der Waals surface area contributed by atoms with Crippen molar-refractivity contribution in [3.05, 3.63) is 65.2 Å². The standard InChI is InChI=1S/C23H33N5O2S.HI/c1-4-24-23(25-17-20-9-7-8-19(2)16-20)26-18-21-10-5-6-11-22(21)31(29,30)28-14-12-27(3)13-15-28;/h5-11,16H,4,12-15,17-18H2,1-3H3,(H2,24,25,26);1H. The van der Waals surface area contributed by atoms with E-state index < -0.39 is 10.0 Å². The molecule has 0 spiro atoms. The van der Waals surface area contributed by atoms with Gasteiger partial charge in [-0.1, -0.05) is 48.0 Å². The first kappa shape index (κ1) is 26.6. The number of rotatable bonds is 7. The Morgan fingerprint density at radius 1 is 1.03 bits per heavy atom. The number of benzene rings is 2. The van der Waals surface area contributed by atoms with Crippen molar-refractivity contribution < 1.29 is 8.42 Å². The molecule has 176 valence electrons. The first-order chi connectivity index (χ1) is 14.9. The van der Waals surface area contributed by atoms with Crippen molar-refractivity contribution in [2.24, 2.45) is 4.99 Å². The highest BCUT2D eigenvalue weighted by Gasteiger charge is 2.29. The van der Waals surface area contributed by atoms with Gasteiger partial charge in [0.15, 0.2) is 5.96 Å². The summed E-state index contributed by atoms with van der Waals surface area (Å²) in [6.07, 6.45) is 0. The fourth-order valence-electron chi connectivity index (χ4n) is 3.57. The van der Waals surface area contributed by atoms with Crippen LogP contribution in [-0.2, 0) is 23.1 Å². The second-order valence-electron chi connectivity index (χ2n) is 7.85. The van der Waals surface area contributed by atoms with Crippen molar-refractivity contribution in [1.82, 2.24) is 19.8 Å². The summed E-state index contributed by atoms with van der Waals surface area (Å²) < 4.78 is 28.1. The predicted molar refractivity (Wildman–Crippen MR) is 141 cm³/mol. The number of likely N-dealkylation sites (N-methyl/N-ethyl adjacent to an activating group) is 1. The van der Waals surface area contributed by atoms with Crippen molar-refractivity contribution in [2.45, 2.75) is 31.8 Å². The van der Waals surface area contributed by atoms with Crippen LogP contribution in [0.2, 0.25) is 0 Å². The molecule has 0 radical (unpaired) electrons. The molecule has 0 aliphatic carbocycles. The average Bonchev–Trinajstić information content (AvgIpc) is 2.76. The highest BCUT2D eigenvalue weighted by atomic mass is 127. The monoisotopic (exact) mass is 571 g/mol. The zero-order valence-corrected chi connectivity index (χ0v) is 22.2. The molecule has 1 heterocycles. The molecule has 0 unspecified atom stereocenters. The molecule has 1 fully saturated rings. The van der Waals surface area contributed by atoms with E-state index in [1.54, 1.807) is 16.4 Å². The van der Waals surface area contributed by atoms with Crippen LogP contribution in [0.1, 0.15) is 23.6 Å². The molecule has 1 aliphatic rings. The molecule has 1 aliphatic heterocycles. The molecule has 0 amide bonds. The molecule has 7 nitrogen and oxygen atoms in total. The molecule has 2 aromatic carbocycles. The first-order valence-electron chi connectivity index (χ1n) is 10.7. The van der Waals surface area contributed by atoms with Gasteiger partial charge in [-0.3, -0.25) is 0 Å². The number of nitrogens with one attached hydrogen (secondary N) is 2. The molecule has 0 bridgehead atoms. The van der Waals surface area contributed by atoms with Gasteiger partial charge in [-0.05, 0) is 38.1 Å². The lowest BCUT2D eigenvalue weighted by molar-refractivity contribution is 0.222. The molecule has 2 aromatic rings. The van der Waals surface area contributed by atoms with E-state index in [4.69, 9.17) is 0 Å². The van der Waals surface area contributed by atoms with E-state index in [0.29, 0.717) is 37.0 Å². The maximum Gasteiger partial charge on any atom is 0.243 e. The molecular formula is C23H34IN5O2S. The zero-order chi connectivity index (χ0) is 22.3. The summed E-state index contributed by atoms with van der Waals surface area (Å²) in [5.74, 6) is 0.663. The van der Waals surface area contributed by atoms with Crippen LogP contribution >= 0.6 is 24.0 Å². The lowest BCUT2D eigenvalue weighted by atomic mass is 10.1. The fraction of sp³-hybridized carbons (Fsp3) is 0.435. The van der Waals surface area contributed by atoms with E-state index in [-0.39, 0.29) is 24.0 Å². The van der Waals surface area contributed by atoms with Gasteiger partial charge in [0.05, 0.1) is 11.4 Å².